The van der Waals surface area contributed by atoms with E-state index in [4.69, 9.17) is 23.7 Å². The van der Waals surface area contributed by atoms with Crippen LogP contribution in [0.4, 0.5) is 0 Å². The third-order valence-electron chi connectivity index (χ3n) is 9.69. The molecule has 3 fully saturated rings. The molecular formula is C32H35NO12S. The average Bonchev–Trinajstić information content (AvgIpc) is 3.42. The van der Waals surface area contributed by atoms with Crippen LogP contribution in [-0.2, 0) is 30.2 Å². The van der Waals surface area contributed by atoms with Crippen molar-refractivity contribution in [2.24, 2.45) is 0 Å². The summed E-state index contributed by atoms with van der Waals surface area (Å²) < 4.78 is 30.0. The molecule has 0 bridgehead atoms. The van der Waals surface area contributed by atoms with Gasteiger partial charge in [-0.15, -0.1) is 0 Å². The van der Waals surface area contributed by atoms with Crippen LogP contribution >= 0.6 is 12.6 Å². The summed E-state index contributed by atoms with van der Waals surface area (Å²) in [6.45, 7) is 2.63. The maximum absolute atomic E-state index is 14.0. The predicted octanol–water partition coefficient (Wildman–Crippen LogP) is 1.04. The van der Waals surface area contributed by atoms with Crippen LogP contribution < -0.4 is 4.74 Å². The van der Waals surface area contributed by atoms with E-state index in [-0.39, 0.29) is 53.0 Å². The molecular weight excluding hydrogens is 622 g/mol. The molecule has 14 heteroatoms. The van der Waals surface area contributed by atoms with E-state index in [1.807, 2.05) is 6.92 Å². The molecule has 5 aliphatic rings. The molecule has 7 rings (SSSR count). The number of fused-ring (bicyclic) bond motifs is 6. The van der Waals surface area contributed by atoms with Crippen molar-refractivity contribution < 1.29 is 58.5 Å². The first-order valence-electron chi connectivity index (χ1n) is 15.3. The molecule has 3 heterocycles. The number of phenolic OH excluding ortho intramolecular Hbond substituents is 2. The van der Waals surface area contributed by atoms with Gasteiger partial charge >= 0.3 is 0 Å². The van der Waals surface area contributed by atoms with E-state index in [2.05, 4.69) is 17.5 Å². The van der Waals surface area contributed by atoms with E-state index >= 15 is 0 Å². The molecule has 46 heavy (non-hydrogen) atoms. The summed E-state index contributed by atoms with van der Waals surface area (Å²) in [7, 11) is 0. The fraction of sp³-hybridized carbons (Fsp3) is 0.531. The van der Waals surface area contributed by atoms with Crippen molar-refractivity contribution in [3.63, 3.8) is 0 Å². The average molecular weight is 658 g/mol. The number of phenols is 2. The minimum atomic E-state index is -2.22. The zero-order valence-electron chi connectivity index (χ0n) is 25.0. The van der Waals surface area contributed by atoms with E-state index in [1.165, 1.54) is 18.2 Å². The van der Waals surface area contributed by atoms with Crippen molar-refractivity contribution >= 4 is 30.0 Å². The number of ketones is 3. The second-order valence-electron chi connectivity index (χ2n) is 12.3. The highest BCUT2D eigenvalue weighted by Crippen LogP contribution is 2.53. The number of benzene rings is 2. The van der Waals surface area contributed by atoms with E-state index in [1.54, 1.807) is 0 Å². The highest BCUT2D eigenvalue weighted by Gasteiger charge is 2.53. The Bertz CT molecular complexity index is 1610. The monoisotopic (exact) mass is 657 g/mol. The van der Waals surface area contributed by atoms with Gasteiger partial charge in [0.25, 0.3) is 0 Å². The minimum absolute atomic E-state index is 0.0338. The van der Waals surface area contributed by atoms with Gasteiger partial charge in [0.2, 0.25) is 5.78 Å². The van der Waals surface area contributed by atoms with Gasteiger partial charge in [0.05, 0.1) is 48.7 Å². The van der Waals surface area contributed by atoms with Crippen LogP contribution in [0.3, 0.4) is 0 Å². The van der Waals surface area contributed by atoms with Crippen molar-refractivity contribution in [3.05, 3.63) is 51.6 Å². The van der Waals surface area contributed by atoms with Crippen LogP contribution in [0, 0.1) is 0 Å². The largest absolute Gasteiger partial charge is 0.507 e. The summed E-state index contributed by atoms with van der Waals surface area (Å²) in [4.78, 5) is 42.9. The number of carbonyl (C=O) groups is 3. The van der Waals surface area contributed by atoms with Gasteiger partial charge < -0.3 is 44.1 Å². The second kappa shape index (κ2) is 11.9. The molecule has 2 aromatic carbocycles. The van der Waals surface area contributed by atoms with Gasteiger partial charge in [-0.2, -0.15) is 12.6 Å². The Kier molecular flexibility index (Phi) is 8.13. The Morgan fingerprint density at radius 2 is 1.91 bits per heavy atom. The number of thiol groups is 1. The minimum Gasteiger partial charge on any atom is -0.507 e. The lowest BCUT2D eigenvalue weighted by molar-refractivity contribution is -0.247. The van der Waals surface area contributed by atoms with Gasteiger partial charge in [-0.1, -0.05) is 12.1 Å². The number of aliphatic hydroxyl groups is 2. The number of rotatable bonds is 7. The molecule has 0 unspecified atom stereocenters. The first kappa shape index (κ1) is 31.5. The maximum atomic E-state index is 14.0. The number of aliphatic hydroxyl groups excluding tert-OH is 1. The quantitative estimate of drug-likeness (QED) is 0.180. The van der Waals surface area contributed by atoms with Gasteiger partial charge in [0.15, 0.2) is 17.9 Å². The molecule has 0 radical (unpaired) electrons. The zero-order chi connectivity index (χ0) is 32.5. The van der Waals surface area contributed by atoms with Crippen molar-refractivity contribution in [2.45, 2.75) is 68.7 Å². The van der Waals surface area contributed by atoms with Crippen LogP contribution in [0.1, 0.15) is 68.8 Å². The molecule has 0 aromatic heterocycles. The van der Waals surface area contributed by atoms with E-state index < -0.39 is 83.5 Å². The van der Waals surface area contributed by atoms with Gasteiger partial charge in [0, 0.05) is 54.3 Å². The Morgan fingerprint density at radius 3 is 2.67 bits per heavy atom. The summed E-state index contributed by atoms with van der Waals surface area (Å²) in [5.41, 5.74) is -3.37. The summed E-state index contributed by atoms with van der Waals surface area (Å²) >= 11 is 4.14. The van der Waals surface area contributed by atoms with Gasteiger partial charge in [-0.25, -0.2) is 0 Å². The topological polar surface area (TPSA) is 182 Å². The van der Waals surface area contributed by atoms with Crippen LogP contribution in [0.15, 0.2) is 18.2 Å². The normalized spacial score (nSPS) is 31.8. The molecule has 0 saturated carbocycles. The molecule has 3 saturated heterocycles. The second-order valence-corrected chi connectivity index (χ2v) is 12.8. The van der Waals surface area contributed by atoms with Gasteiger partial charge in [-0.3, -0.25) is 19.3 Å². The molecule has 7 atom stereocenters. The summed E-state index contributed by atoms with van der Waals surface area (Å²) in [6.07, 6.45) is -3.67. The molecule has 2 aromatic rings. The molecule has 0 amide bonds. The Hall–Kier alpha value is -3.08. The molecule has 0 spiro atoms. The smallest absolute Gasteiger partial charge is 0.202 e. The van der Waals surface area contributed by atoms with Crippen LogP contribution in [0.2, 0.25) is 0 Å². The van der Waals surface area contributed by atoms with Crippen LogP contribution in [0.25, 0.3) is 0 Å². The number of carbonyl (C=O) groups excluding carboxylic acids is 3. The molecule has 246 valence electrons. The van der Waals surface area contributed by atoms with Crippen molar-refractivity contribution in [1.82, 2.24) is 4.90 Å². The van der Waals surface area contributed by atoms with E-state index in [0.29, 0.717) is 31.9 Å². The molecule has 4 N–H and O–H groups in total. The van der Waals surface area contributed by atoms with Crippen molar-refractivity contribution in [3.8, 4) is 17.2 Å². The van der Waals surface area contributed by atoms with Gasteiger partial charge in [-0.05, 0) is 13.0 Å². The lowest BCUT2D eigenvalue weighted by Gasteiger charge is -2.43. The predicted molar refractivity (Wildman–Crippen MR) is 161 cm³/mol. The number of nitrogens with zero attached hydrogens (tertiary/aromatic N) is 1. The van der Waals surface area contributed by atoms with Gasteiger partial charge in [0.1, 0.15) is 41.8 Å². The molecule has 13 nitrogen and oxygen atoms in total. The number of morpholine rings is 1. The van der Waals surface area contributed by atoms with Crippen LogP contribution in [-0.4, -0.2) is 118 Å². The van der Waals surface area contributed by atoms with Crippen molar-refractivity contribution in [2.75, 3.05) is 38.7 Å². The fourth-order valence-electron chi connectivity index (χ4n) is 7.58. The SMILES string of the molecule is C[C@@H]1O[C@@H](O[C@H]2C[C@](O)(C(=O)CO)Cc3c(O)c4c(c(O)c32)C(=O)c2c(OCCS)cccc2C4=O)C[C@H]2[C@@H]1O[C@@H]1COCCN12. The zero-order valence-corrected chi connectivity index (χ0v) is 25.9. The molecule has 2 aliphatic carbocycles. The standard InChI is InChI=1S/C32H35NO12S/c1-14-31-17(33-5-6-41-13-21(33)45-31)9-22(43-14)44-19-11-32(40,20(35)12-34)10-16-24(19)30(39)26-25(28(16)37)27(36)15-3-2-4-18(42-7-8-46)23(15)29(26)38/h2-4,14,17,19,21-22,31,34,37,39-40,46H,5-13H2,1H3/t14-,17-,19-,21+,22-,31+,32-/m0/s1. The first-order valence-corrected chi connectivity index (χ1v) is 15.9. The number of aromatic hydroxyl groups is 2. The highest BCUT2D eigenvalue weighted by atomic mass is 32.1. The summed E-state index contributed by atoms with van der Waals surface area (Å²) in [5, 5.41) is 44.6. The van der Waals surface area contributed by atoms with Crippen LogP contribution in [0.5, 0.6) is 17.2 Å². The lowest BCUT2D eigenvalue weighted by atomic mass is 9.72. The Labute approximate surface area is 269 Å². The highest BCUT2D eigenvalue weighted by molar-refractivity contribution is 7.80. The van der Waals surface area contributed by atoms with E-state index in [9.17, 15) is 34.8 Å². The molecule has 3 aliphatic heterocycles. The first-order chi connectivity index (χ1) is 22.1. The van der Waals surface area contributed by atoms with E-state index in [0.717, 1.165) is 0 Å². The maximum Gasteiger partial charge on any atom is 0.202 e. The summed E-state index contributed by atoms with van der Waals surface area (Å²) in [5.74, 6) is -3.22. The number of hydrogen-bond donors (Lipinski definition) is 5. The Balaban J connectivity index is 1.31. The Morgan fingerprint density at radius 1 is 1.13 bits per heavy atom. The third kappa shape index (κ3) is 4.85. The fourth-order valence-corrected chi connectivity index (χ4v) is 7.68. The number of hydrogen-bond acceptors (Lipinski definition) is 14. The van der Waals surface area contributed by atoms with Crippen molar-refractivity contribution in [1.29, 1.82) is 0 Å². The number of ether oxygens (including phenoxy) is 5. The number of Topliss-reactive ketones (excluding diaryl/α,β-unsaturated/α-hetero) is 1. The summed E-state index contributed by atoms with van der Waals surface area (Å²) in [6, 6.07) is 4.40. The third-order valence-corrected chi connectivity index (χ3v) is 9.87. The lowest BCUT2D eigenvalue weighted by Crippen LogP contribution is -2.53.